The maximum Gasteiger partial charge on any atom is 0.416 e. The zero-order valence-electron chi connectivity index (χ0n) is 15.2. The summed E-state index contributed by atoms with van der Waals surface area (Å²) < 4.78 is 40.4. The maximum absolute atomic E-state index is 12.9. The number of carbonyl (C=O) groups is 1. The fraction of sp³-hybridized carbons (Fsp3) is 0.444. The van der Waals surface area contributed by atoms with Gasteiger partial charge in [-0.2, -0.15) is 18.3 Å². The average Bonchev–Trinajstić information content (AvgIpc) is 2.99. The van der Waals surface area contributed by atoms with E-state index in [2.05, 4.69) is 15.7 Å². The van der Waals surface area contributed by atoms with E-state index in [-0.39, 0.29) is 12.5 Å². The lowest BCUT2D eigenvalue weighted by molar-refractivity contribution is -0.137. The van der Waals surface area contributed by atoms with E-state index in [4.69, 9.17) is 0 Å². The molecule has 1 atom stereocenters. The van der Waals surface area contributed by atoms with Crippen LogP contribution in [0.4, 0.5) is 13.2 Å². The van der Waals surface area contributed by atoms with Gasteiger partial charge in [-0.05, 0) is 18.7 Å². The quantitative estimate of drug-likeness (QED) is 0.824. The van der Waals surface area contributed by atoms with Gasteiger partial charge in [-0.3, -0.25) is 9.48 Å². The number of hydrogen-bond acceptors (Lipinski definition) is 3. The van der Waals surface area contributed by atoms with E-state index in [9.17, 15) is 18.0 Å². The number of aryl methyl sites for hydroxylation is 1. The molecule has 1 unspecified atom stereocenters. The van der Waals surface area contributed by atoms with E-state index < -0.39 is 23.2 Å². The molecule has 0 aliphatic rings. The molecule has 142 valence electrons. The summed E-state index contributed by atoms with van der Waals surface area (Å²) >= 11 is 0. The van der Waals surface area contributed by atoms with Crippen LogP contribution in [-0.2, 0) is 23.4 Å². The van der Waals surface area contributed by atoms with Crippen molar-refractivity contribution in [3.05, 3.63) is 53.3 Å². The zero-order valence-corrected chi connectivity index (χ0v) is 15.2. The summed E-state index contributed by atoms with van der Waals surface area (Å²) in [5.74, 6) is -0.263. The van der Waals surface area contributed by atoms with Gasteiger partial charge in [-0.15, -0.1) is 0 Å². The van der Waals surface area contributed by atoms with Crippen LogP contribution in [-0.4, -0.2) is 29.3 Å². The molecular formula is C18H23F3N4O. The van der Waals surface area contributed by atoms with Crippen LogP contribution in [0, 0.1) is 0 Å². The van der Waals surface area contributed by atoms with Crippen molar-refractivity contribution in [2.24, 2.45) is 7.05 Å². The van der Waals surface area contributed by atoms with Crippen LogP contribution in [0.5, 0.6) is 0 Å². The number of nitrogens with one attached hydrogen (secondary N) is 2. The molecule has 0 aliphatic heterocycles. The molecule has 2 rings (SSSR count). The highest BCUT2D eigenvalue weighted by molar-refractivity contribution is 5.83. The monoisotopic (exact) mass is 368 g/mol. The second-order valence-corrected chi connectivity index (χ2v) is 6.85. The Morgan fingerprint density at radius 3 is 2.46 bits per heavy atom. The van der Waals surface area contributed by atoms with Crippen LogP contribution < -0.4 is 10.6 Å². The molecule has 5 nitrogen and oxygen atoms in total. The van der Waals surface area contributed by atoms with Crippen molar-refractivity contribution in [1.82, 2.24) is 20.4 Å². The molecule has 0 bridgehead atoms. The summed E-state index contributed by atoms with van der Waals surface area (Å²) in [6.45, 7) is 3.79. The molecule has 0 aliphatic carbocycles. The van der Waals surface area contributed by atoms with Crippen LogP contribution in [0.2, 0.25) is 0 Å². The standard InChI is InChI=1S/C18H23F3N4O/c1-17(2,13-6-5-7-14(8-13)18(19,20)21)11-23-16(26)15(22-3)12-9-24-25(4)10-12/h5-10,15,22H,11H2,1-4H3,(H,23,26). The van der Waals surface area contributed by atoms with Crippen molar-refractivity contribution in [2.45, 2.75) is 31.5 Å². The molecule has 2 N–H and O–H groups in total. The highest BCUT2D eigenvalue weighted by Crippen LogP contribution is 2.32. The predicted molar refractivity (Wildman–Crippen MR) is 92.5 cm³/mol. The molecular weight excluding hydrogens is 345 g/mol. The number of aromatic nitrogens is 2. The summed E-state index contributed by atoms with van der Waals surface area (Å²) in [6, 6.07) is 4.60. The Balaban J connectivity index is 2.10. The van der Waals surface area contributed by atoms with Gasteiger partial charge in [0.1, 0.15) is 6.04 Å². The minimum atomic E-state index is -4.40. The highest BCUT2D eigenvalue weighted by Gasteiger charge is 2.32. The average molecular weight is 368 g/mol. The van der Waals surface area contributed by atoms with Gasteiger partial charge < -0.3 is 10.6 Å². The summed E-state index contributed by atoms with van der Waals surface area (Å²) in [5, 5.41) is 9.79. The van der Waals surface area contributed by atoms with Crippen LogP contribution in [0.15, 0.2) is 36.7 Å². The molecule has 1 aromatic carbocycles. The third-order valence-electron chi connectivity index (χ3n) is 4.28. The van der Waals surface area contributed by atoms with Crippen LogP contribution in [0.25, 0.3) is 0 Å². The number of amides is 1. The third-order valence-corrected chi connectivity index (χ3v) is 4.28. The number of nitrogens with zero attached hydrogens (tertiary/aromatic N) is 2. The van der Waals surface area contributed by atoms with Crippen molar-refractivity contribution < 1.29 is 18.0 Å². The summed E-state index contributed by atoms with van der Waals surface area (Å²) in [4.78, 5) is 12.5. The lowest BCUT2D eigenvalue weighted by atomic mass is 9.83. The Morgan fingerprint density at radius 1 is 1.27 bits per heavy atom. The van der Waals surface area contributed by atoms with Gasteiger partial charge in [-0.25, -0.2) is 0 Å². The molecule has 1 amide bonds. The fourth-order valence-corrected chi connectivity index (χ4v) is 2.67. The summed E-state index contributed by atoms with van der Waals surface area (Å²) in [6.07, 6.45) is -1.07. The normalized spacial score (nSPS) is 13.5. The number of alkyl halides is 3. The minimum Gasteiger partial charge on any atom is -0.354 e. The molecule has 26 heavy (non-hydrogen) atoms. The van der Waals surface area contributed by atoms with E-state index in [0.717, 1.165) is 12.1 Å². The first-order chi connectivity index (χ1) is 12.0. The lowest BCUT2D eigenvalue weighted by Crippen LogP contribution is -2.42. The molecule has 0 saturated heterocycles. The molecule has 0 radical (unpaired) electrons. The third kappa shape index (κ3) is 4.63. The Morgan fingerprint density at radius 2 is 1.92 bits per heavy atom. The first-order valence-electron chi connectivity index (χ1n) is 8.16. The molecule has 0 saturated carbocycles. The minimum absolute atomic E-state index is 0.200. The highest BCUT2D eigenvalue weighted by atomic mass is 19.4. The molecule has 2 aromatic rings. The van der Waals surface area contributed by atoms with E-state index in [1.54, 1.807) is 51.1 Å². The number of hydrogen-bond donors (Lipinski definition) is 2. The molecule has 8 heteroatoms. The SMILES string of the molecule is CNC(C(=O)NCC(C)(C)c1cccc(C(F)(F)F)c1)c1cnn(C)c1. The van der Waals surface area contributed by atoms with Gasteiger partial charge in [0.2, 0.25) is 5.91 Å². The van der Waals surface area contributed by atoms with Crippen LogP contribution in [0.3, 0.4) is 0 Å². The van der Waals surface area contributed by atoms with Gasteiger partial charge in [-0.1, -0.05) is 32.0 Å². The summed E-state index contributed by atoms with van der Waals surface area (Å²) in [5.41, 5.74) is -0.137. The fourth-order valence-electron chi connectivity index (χ4n) is 2.67. The molecule has 1 aromatic heterocycles. The zero-order chi connectivity index (χ0) is 19.5. The van der Waals surface area contributed by atoms with Crippen LogP contribution in [0.1, 0.15) is 36.6 Å². The van der Waals surface area contributed by atoms with E-state index in [1.165, 1.54) is 6.07 Å². The van der Waals surface area contributed by atoms with E-state index >= 15 is 0 Å². The van der Waals surface area contributed by atoms with E-state index in [0.29, 0.717) is 11.1 Å². The second kappa shape index (κ2) is 7.49. The smallest absolute Gasteiger partial charge is 0.354 e. The first-order valence-corrected chi connectivity index (χ1v) is 8.16. The number of likely N-dealkylation sites (N-methyl/N-ethyl adjacent to an activating group) is 1. The molecule has 0 fully saturated rings. The van der Waals surface area contributed by atoms with Crippen LogP contribution >= 0.6 is 0 Å². The molecule has 1 heterocycles. The maximum atomic E-state index is 12.9. The van der Waals surface area contributed by atoms with Gasteiger partial charge >= 0.3 is 6.18 Å². The topological polar surface area (TPSA) is 59.0 Å². The Labute approximate surface area is 150 Å². The van der Waals surface area contributed by atoms with Crippen molar-refractivity contribution in [1.29, 1.82) is 0 Å². The second-order valence-electron chi connectivity index (χ2n) is 6.85. The van der Waals surface area contributed by atoms with Gasteiger partial charge in [0, 0.05) is 30.8 Å². The Hall–Kier alpha value is -2.35. The number of carbonyl (C=O) groups excluding carboxylic acids is 1. The molecule has 0 spiro atoms. The predicted octanol–water partition coefficient (Wildman–Crippen LogP) is 2.79. The first kappa shape index (κ1) is 20.0. The Bertz CT molecular complexity index is 768. The number of benzene rings is 1. The largest absolute Gasteiger partial charge is 0.416 e. The van der Waals surface area contributed by atoms with Gasteiger partial charge in [0.15, 0.2) is 0 Å². The van der Waals surface area contributed by atoms with E-state index in [1.807, 2.05) is 0 Å². The number of rotatable bonds is 6. The Kier molecular flexibility index (Phi) is 5.75. The van der Waals surface area contributed by atoms with Crippen molar-refractivity contribution in [3.63, 3.8) is 0 Å². The van der Waals surface area contributed by atoms with Crippen molar-refractivity contribution >= 4 is 5.91 Å². The van der Waals surface area contributed by atoms with Crippen molar-refractivity contribution in [3.8, 4) is 0 Å². The lowest BCUT2D eigenvalue weighted by Gasteiger charge is -2.27. The van der Waals surface area contributed by atoms with Gasteiger partial charge in [0.05, 0.1) is 11.8 Å². The summed E-state index contributed by atoms with van der Waals surface area (Å²) in [7, 11) is 3.42. The number of halogens is 3. The van der Waals surface area contributed by atoms with Gasteiger partial charge in [0.25, 0.3) is 0 Å². The van der Waals surface area contributed by atoms with Crippen molar-refractivity contribution in [2.75, 3.05) is 13.6 Å².